The van der Waals surface area contributed by atoms with E-state index < -0.39 is 0 Å². The number of phenols is 1. The maximum absolute atomic E-state index is 11.7. The van der Waals surface area contributed by atoms with Crippen molar-refractivity contribution in [1.82, 2.24) is 0 Å². The third kappa shape index (κ3) is 6.02. The molecule has 0 unspecified atom stereocenters. The average molecular weight is 314 g/mol. The molecule has 0 saturated carbocycles. The van der Waals surface area contributed by atoms with E-state index in [2.05, 4.69) is 0 Å². The lowest BCUT2D eigenvalue weighted by molar-refractivity contribution is -0.143. The Hall–Kier alpha value is -2.49. The van der Waals surface area contributed by atoms with E-state index in [0.29, 0.717) is 19.4 Å². The van der Waals surface area contributed by atoms with Crippen LogP contribution in [0.25, 0.3) is 0 Å². The van der Waals surface area contributed by atoms with Crippen molar-refractivity contribution < 1.29 is 19.4 Å². The molecule has 4 nitrogen and oxygen atoms in total. The van der Waals surface area contributed by atoms with Gasteiger partial charge >= 0.3 is 5.97 Å². The number of ether oxygens (including phenoxy) is 2. The van der Waals surface area contributed by atoms with Gasteiger partial charge in [-0.2, -0.15) is 0 Å². The van der Waals surface area contributed by atoms with Crippen LogP contribution in [0, 0.1) is 0 Å². The van der Waals surface area contributed by atoms with Gasteiger partial charge < -0.3 is 14.6 Å². The molecule has 2 aromatic rings. The number of aryl methyl sites for hydroxylation is 2. The zero-order valence-electron chi connectivity index (χ0n) is 13.3. The molecule has 0 aliphatic heterocycles. The third-order valence-electron chi connectivity index (χ3n) is 3.59. The monoisotopic (exact) mass is 314 g/mol. The minimum absolute atomic E-state index is 0.187. The van der Waals surface area contributed by atoms with Crippen LogP contribution in [0.4, 0.5) is 0 Å². The highest BCUT2D eigenvalue weighted by atomic mass is 16.5. The van der Waals surface area contributed by atoms with Crippen molar-refractivity contribution in [3.05, 3.63) is 59.7 Å². The number of methoxy groups -OCH3 is 1. The molecule has 2 rings (SSSR count). The minimum Gasteiger partial charge on any atom is -0.508 e. The van der Waals surface area contributed by atoms with Crippen molar-refractivity contribution in [2.75, 3.05) is 13.7 Å². The molecule has 23 heavy (non-hydrogen) atoms. The Bertz CT molecular complexity index is 602. The van der Waals surface area contributed by atoms with Crippen LogP contribution in [0.3, 0.4) is 0 Å². The number of carbonyl (C=O) groups is 1. The van der Waals surface area contributed by atoms with E-state index in [9.17, 15) is 9.90 Å². The van der Waals surface area contributed by atoms with Gasteiger partial charge in [0.1, 0.15) is 11.5 Å². The summed E-state index contributed by atoms with van der Waals surface area (Å²) in [6.07, 6.45) is 2.65. The van der Waals surface area contributed by atoms with Gasteiger partial charge in [0.15, 0.2) is 0 Å². The first-order chi connectivity index (χ1) is 11.2. The quantitative estimate of drug-likeness (QED) is 0.598. The minimum atomic E-state index is -0.187. The van der Waals surface area contributed by atoms with E-state index >= 15 is 0 Å². The van der Waals surface area contributed by atoms with Crippen LogP contribution < -0.4 is 4.74 Å². The molecule has 0 aromatic heterocycles. The number of phenolic OH excluding ortho intramolecular Hbond substituents is 1. The number of carbonyl (C=O) groups excluding carboxylic acids is 1. The number of benzene rings is 2. The summed E-state index contributed by atoms with van der Waals surface area (Å²) in [5, 5.41) is 9.20. The van der Waals surface area contributed by atoms with Crippen molar-refractivity contribution in [3.63, 3.8) is 0 Å². The third-order valence-corrected chi connectivity index (χ3v) is 3.59. The Morgan fingerprint density at radius 1 is 0.957 bits per heavy atom. The molecular formula is C19H22O4. The predicted octanol–water partition coefficient (Wildman–Crippen LogP) is 3.51. The highest BCUT2D eigenvalue weighted by molar-refractivity contribution is 5.69. The Morgan fingerprint density at radius 2 is 1.57 bits per heavy atom. The summed E-state index contributed by atoms with van der Waals surface area (Å²) in [6.45, 7) is 0.431. The van der Waals surface area contributed by atoms with Gasteiger partial charge in [0.2, 0.25) is 0 Å². The lowest BCUT2D eigenvalue weighted by atomic mass is 10.1. The Kier molecular flexibility index (Phi) is 6.48. The van der Waals surface area contributed by atoms with E-state index in [1.165, 1.54) is 5.56 Å². The molecule has 0 bridgehead atoms. The highest BCUT2D eigenvalue weighted by Crippen LogP contribution is 2.13. The Balaban J connectivity index is 1.61. The average Bonchev–Trinajstić information content (AvgIpc) is 2.59. The summed E-state index contributed by atoms with van der Waals surface area (Å²) in [7, 11) is 1.65. The fourth-order valence-electron chi connectivity index (χ4n) is 2.24. The smallest absolute Gasteiger partial charge is 0.306 e. The second-order valence-electron chi connectivity index (χ2n) is 5.34. The standard InChI is InChI=1S/C19H22O4/c1-22-18-11-6-15(7-12-18)3-2-14-23-19(21)13-8-16-4-9-17(20)10-5-16/h4-7,9-12,20H,2-3,8,13-14H2,1H3. The molecule has 2 aromatic carbocycles. The van der Waals surface area contributed by atoms with Crippen molar-refractivity contribution in [2.45, 2.75) is 25.7 Å². The molecule has 0 heterocycles. The zero-order valence-corrected chi connectivity index (χ0v) is 13.3. The Morgan fingerprint density at radius 3 is 2.22 bits per heavy atom. The van der Waals surface area contributed by atoms with Crippen LogP contribution in [0.1, 0.15) is 24.0 Å². The first-order valence-electron chi connectivity index (χ1n) is 7.74. The molecule has 4 heteroatoms. The molecule has 1 N–H and O–H groups in total. The lowest BCUT2D eigenvalue weighted by Gasteiger charge is -2.06. The topological polar surface area (TPSA) is 55.8 Å². The fourth-order valence-corrected chi connectivity index (χ4v) is 2.24. The van der Waals surface area contributed by atoms with Gasteiger partial charge in [-0.3, -0.25) is 4.79 Å². The summed E-state index contributed by atoms with van der Waals surface area (Å²) in [4.78, 5) is 11.7. The summed E-state index contributed by atoms with van der Waals surface area (Å²) >= 11 is 0. The number of aromatic hydroxyl groups is 1. The fraction of sp³-hybridized carbons (Fsp3) is 0.316. The number of hydrogen-bond donors (Lipinski definition) is 1. The van der Waals surface area contributed by atoms with Gasteiger partial charge in [-0.05, 0) is 54.7 Å². The first-order valence-corrected chi connectivity index (χ1v) is 7.74. The maximum atomic E-state index is 11.7. The van der Waals surface area contributed by atoms with E-state index in [-0.39, 0.29) is 11.7 Å². The van der Waals surface area contributed by atoms with Gasteiger partial charge in [0, 0.05) is 6.42 Å². The second-order valence-corrected chi connectivity index (χ2v) is 5.34. The molecule has 0 spiro atoms. The molecule has 0 saturated heterocycles. The molecule has 0 amide bonds. The van der Waals surface area contributed by atoms with Crippen molar-refractivity contribution in [3.8, 4) is 11.5 Å². The van der Waals surface area contributed by atoms with Gasteiger partial charge in [-0.25, -0.2) is 0 Å². The first kappa shape index (κ1) is 16.9. The van der Waals surface area contributed by atoms with Crippen LogP contribution in [0.15, 0.2) is 48.5 Å². The lowest BCUT2D eigenvalue weighted by Crippen LogP contribution is -2.07. The van der Waals surface area contributed by atoms with Crippen LogP contribution in [-0.2, 0) is 22.4 Å². The number of esters is 1. The SMILES string of the molecule is COc1ccc(CCCOC(=O)CCc2ccc(O)cc2)cc1. The van der Waals surface area contributed by atoms with Crippen molar-refractivity contribution in [2.24, 2.45) is 0 Å². The molecule has 122 valence electrons. The normalized spacial score (nSPS) is 10.3. The van der Waals surface area contributed by atoms with Gasteiger partial charge in [-0.1, -0.05) is 24.3 Å². The van der Waals surface area contributed by atoms with Crippen LogP contribution in [0.2, 0.25) is 0 Å². The van der Waals surface area contributed by atoms with Gasteiger partial charge in [-0.15, -0.1) is 0 Å². The van der Waals surface area contributed by atoms with Crippen molar-refractivity contribution in [1.29, 1.82) is 0 Å². The van der Waals surface area contributed by atoms with Crippen LogP contribution in [0.5, 0.6) is 11.5 Å². The summed E-state index contributed by atoms with van der Waals surface area (Å²) in [5.74, 6) is 0.886. The van der Waals surface area contributed by atoms with Crippen LogP contribution >= 0.6 is 0 Å². The summed E-state index contributed by atoms with van der Waals surface area (Å²) in [6, 6.07) is 14.8. The Labute approximate surface area is 136 Å². The zero-order chi connectivity index (χ0) is 16.5. The highest BCUT2D eigenvalue weighted by Gasteiger charge is 2.04. The molecule has 0 aliphatic carbocycles. The molecule has 0 atom stereocenters. The van der Waals surface area contributed by atoms with Crippen LogP contribution in [-0.4, -0.2) is 24.8 Å². The second kappa shape index (κ2) is 8.83. The molecule has 0 radical (unpaired) electrons. The summed E-state index contributed by atoms with van der Waals surface area (Å²) in [5.41, 5.74) is 2.21. The molecular weight excluding hydrogens is 292 g/mol. The number of rotatable bonds is 8. The van der Waals surface area contributed by atoms with Gasteiger partial charge in [0.05, 0.1) is 13.7 Å². The van der Waals surface area contributed by atoms with E-state index in [4.69, 9.17) is 9.47 Å². The molecule has 0 aliphatic rings. The van der Waals surface area contributed by atoms with E-state index in [1.807, 2.05) is 36.4 Å². The van der Waals surface area contributed by atoms with E-state index in [0.717, 1.165) is 24.2 Å². The predicted molar refractivity (Wildman–Crippen MR) is 88.7 cm³/mol. The maximum Gasteiger partial charge on any atom is 0.306 e. The van der Waals surface area contributed by atoms with Gasteiger partial charge in [0.25, 0.3) is 0 Å². The van der Waals surface area contributed by atoms with E-state index in [1.54, 1.807) is 19.2 Å². The number of hydrogen-bond acceptors (Lipinski definition) is 4. The largest absolute Gasteiger partial charge is 0.508 e. The molecule has 0 fully saturated rings. The van der Waals surface area contributed by atoms with Crippen molar-refractivity contribution >= 4 is 5.97 Å². The summed E-state index contributed by atoms with van der Waals surface area (Å²) < 4.78 is 10.4.